The maximum absolute atomic E-state index is 12.7. The Morgan fingerprint density at radius 3 is 2.94 bits per heavy atom. The Labute approximate surface area is 105 Å². The lowest BCUT2D eigenvalue weighted by molar-refractivity contribution is -0.144. The first kappa shape index (κ1) is 12.9. The molecule has 0 aromatic rings. The number of nitrogens with zero attached hydrogens (tertiary/aromatic N) is 1. The molecule has 3 nitrogen and oxygen atoms in total. The molecular formula is C14H26N2O. The number of rotatable bonds is 3. The molecule has 2 saturated heterocycles. The summed E-state index contributed by atoms with van der Waals surface area (Å²) in [4.78, 5) is 14.9. The van der Waals surface area contributed by atoms with E-state index in [2.05, 4.69) is 24.1 Å². The van der Waals surface area contributed by atoms with Gasteiger partial charge in [0.25, 0.3) is 0 Å². The quantitative estimate of drug-likeness (QED) is 0.817. The lowest BCUT2D eigenvalue weighted by Crippen LogP contribution is -2.50. The number of carbonyl (C=O) groups excluding carboxylic acids is 1. The molecule has 2 atom stereocenters. The molecule has 0 spiro atoms. The summed E-state index contributed by atoms with van der Waals surface area (Å²) in [6, 6.07) is 0.513. The first-order valence-electron chi connectivity index (χ1n) is 7.19. The molecular weight excluding hydrogens is 212 g/mol. The number of hydrogen-bond acceptors (Lipinski definition) is 2. The minimum absolute atomic E-state index is 0.136. The van der Waals surface area contributed by atoms with Crippen LogP contribution in [0.15, 0.2) is 0 Å². The van der Waals surface area contributed by atoms with Crippen molar-refractivity contribution in [2.75, 3.05) is 19.6 Å². The smallest absolute Gasteiger partial charge is 0.230 e. The summed E-state index contributed by atoms with van der Waals surface area (Å²) < 4.78 is 0. The zero-order valence-corrected chi connectivity index (χ0v) is 11.3. The van der Waals surface area contributed by atoms with Gasteiger partial charge in [0.1, 0.15) is 0 Å². The van der Waals surface area contributed by atoms with Gasteiger partial charge in [-0.15, -0.1) is 0 Å². The Morgan fingerprint density at radius 1 is 1.47 bits per heavy atom. The maximum Gasteiger partial charge on any atom is 0.230 e. The Hall–Kier alpha value is -0.570. The molecule has 2 aliphatic heterocycles. The fourth-order valence-electron chi connectivity index (χ4n) is 3.25. The van der Waals surface area contributed by atoms with E-state index in [1.165, 1.54) is 32.1 Å². The Morgan fingerprint density at radius 2 is 2.29 bits per heavy atom. The first-order valence-corrected chi connectivity index (χ1v) is 7.19. The van der Waals surface area contributed by atoms with Crippen molar-refractivity contribution < 1.29 is 4.79 Å². The van der Waals surface area contributed by atoms with Gasteiger partial charge in [0, 0.05) is 19.1 Å². The summed E-state index contributed by atoms with van der Waals surface area (Å²) >= 11 is 0. The average Bonchev–Trinajstić information content (AvgIpc) is 2.78. The molecule has 0 saturated carbocycles. The predicted octanol–water partition coefficient (Wildman–Crippen LogP) is 2.17. The predicted molar refractivity (Wildman–Crippen MR) is 69.9 cm³/mol. The van der Waals surface area contributed by atoms with Crippen molar-refractivity contribution in [2.24, 2.45) is 5.41 Å². The molecule has 0 aromatic carbocycles. The molecule has 98 valence electrons. The molecule has 17 heavy (non-hydrogen) atoms. The maximum atomic E-state index is 12.7. The van der Waals surface area contributed by atoms with Crippen molar-refractivity contribution in [2.45, 2.75) is 58.4 Å². The second kappa shape index (κ2) is 5.38. The van der Waals surface area contributed by atoms with Crippen molar-refractivity contribution in [3.05, 3.63) is 0 Å². The van der Waals surface area contributed by atoms with Crippen molar-refractivity contribution in [3.63, 3.8) is 0 Å². The van der Waals surface area contributed by atoms with Crippen LogP contribution in [-0.4, -0.2) is 36.5 Å². The van der Waals surface area contributed by atoms with Gasteiger partial charge >= 0.3 is 0 Å². The van der Waals surface area contributed by atoms with E-state index < -0.39 is 0 Å². The van der Waals surface area contributed by atoms with Gasteiger partial charge in [-0.25, -0.2) is 0 Å². The molecule has 2 fully saturated rings. The summed E-state index contributed by atoms with van der Waals surface area (Å²) in [5.41, 5.74) is -0.136. The summed E-state index contributed by atoms with van der Waals surface area (Å²) in [5, 5.41) is 3.33. The zero-order valence-electron chi connectivity index (χ0n) is 11.3. The van der Waals surface area contributed by atoms with Crippen LogP contribution in [0, 0.1) is 5.41 Å². The van der Waals surface area contributed by atoms with Crippen LogP contribution in [0.5, 0.6) is 0 Å². The highest BCUT2D eigenvalue weighted by Gasteiger charge is 2.41. The van der Waals surface area contributed by atoms with Crippen LogP contribution >= 0.6 is 0 Å². The summed E-state index contributed by atoms with van der Waals surface area (Å²) in [6.45, 7) is 7.19. The van der Waals surface area contributed by atoms with Crippen LogP contribution in [0.3, 0.4) is 0 Å². The third kappa shape index (κ3) is 2.65. The van der Waals surface area contributed by atoms with Gasteiger partial charge in [0.2, 0.25) is 5.91 Å². The Bertz CT molecular complexity index is 269. The van der Waals surface area contributed by atoms with E-state index in [1.54, 1.807) is 0 Å². The van der Waals surface area contributed by atoms with E-state index in [0.717, 1.165) is 26.1 Å². The van der Waals surface area contributed by atoms with Gasteiger partial charge in [-0.05, 0) is 45.6 Å². The monoisotopic (exact) mass is 238 g/mol. The van der Waals surface area contributed by atoms with Crippen molar-refractivity contribution in [1.82, 2.24) is 10.2 Å². The summed E-state index contributed by atoms with van der Waals surface area (Å²) in [6.07, 6.45) is 7.06. The molecule has 0 aliphatic carbocycles. The van der Waals surface area contributed by atoms with Gasteiger partial charge < -0.3 is 10.2 Å². The van der Waals surface area contributed by atoms with E-state index >= 15 is 0 Å². The molecule has 1 amide bonds. The first-order chi connectivity index (χ1) is 8.17. The van der Waals surface area contributed by atoms with Gasteiger partial charge in [-0.1, -0.05) is 13.3 Å². The zero-order chi connectivity index (χ0) is 12.3. The molecule has 0 aromatic heterocycles. The molecule has 2 aliphatic rings. The van der Waals surface area contributed by atoms with Gasteiger partial charge in [-0.2, -0.15) is 0 Å². The van der Waals surface area contributed by atoms with Crippen LogP contribution in [-0.2, 0) is 4.79 Å². The van der Waals surface area contributed by atoms with Crippen molar-refractivity contribution >= 4 is 5.91 Å². The second-order valence-electron chi connectivity index (χ2n) is 5.92. The number of carbonyl (C=O) groups is 1. The average molecular weight is 238 g/mol. The molecule has 0 bridgehead atoms. The third-order valence-corrected chi connectivity index (χ3v) is 4.39. The van der Waals surface area contributed by atoms with E-state index in [1.807, 2.05) is 0 Å². The molecule has 0 radical (unpaired) electrons. The highest BCUT2D eigenvalue weighted by Crippen LogP contribution is 2.31. The van der Waals surface area contributed by atoms with Gasteiger partial charge in [0.05, 0.1) is 5.41 Å². The van der Waals surface area contributed by atoms with Gasteiger partial charge in [0.15, 0.2) is 0 Å². The normalized spacial score (nSPS) is 34.0. The van der Waals surface area contributed by atoms with Crippen LogP contribution in [0.25, 0.3) is 0 Å². The lowest BCUT2D eigenvalue weighted by Gasteiger charge is -2.40. The SMILES string of the molecule is CCCC1CCCCN1C(=O)C1(C)CCNC1. The standard InChI is InChI=1S/C14H26N2O/c1-3-6-12-7-4-5-10-16(12)13(17)14(2)8-9-15-11-14/h12,15H,3-11H2,1-2H3. The number of piperidine rings is 1. The minimum Gasteiger partial charge on any atom is -0.339 e. The van der Waals surface area contributed by atoms with Crippen LogP contribution in [0.2, 0.25) is 0 Å². The minimum atomic E-state index is -0.136. The molecule has 2 unspecified atom stereocenters. The summed E-state index contributed by atoms with van der Waals surface area (Å²) in [7, 11) is 0. The van der Waals surface area contributed by atoms with E-state index in [9.17, 15) is 4.79 Å². The molecule has 2 rings (SSSR count). The molecule has 1 N–H and O–H groups in total. The lowest BCUT2D eigenvalue weighted by atomic mass is 9.85. The fraction of sp³-hybridized carbons (Fsp3) is 0.929. The van der Waals surface area contributed by atoms with E-state index in [4.69, 9.17) is 0 Å². The van der Waals surface area contributed by atoms with Crippen molar-refractivity contribution in [3.8, 4) is 0 Å². The molecule has 2 heterocycles. The highest BCUT2D eigenvalue weighted by atomic mass is 16.2. The second-order valence-corrected chi connectivity index (χ2v) is 5.92. The van der Waals surface area contributed by atoms with Crippen LogP contribution < -0.4 is 5.32 Å². The van der Waals surface area contributed by atoms with Gasteiger partial charge in [-0.3, -0.25) is 4.79 Å². The Kier molecular flexibility index (Phi) is 4.08. The number of amides is 1. The van der Waals surface area contributed by atoms with Crippen LogP contribution in [0.1, 0.15) is 52.4 Å². The summed E-state index contributed by atoms with van der Waals surface area (Å²) in [5.74, 6) is 0.403. The van der Waals surface area contributed by atoms with Crippen molar-refractivity contribution in [1.29, 1.82) is 0 Å². The van der Waals surface area contributed by atoms with Crippen LogP contribution in [0.4, 0.5) is 0 Å². The van der Waals surface area contributed by atoms with E-state index in [-0.39, 0.29) is 5.41 Å². The number of likely N-dealkylation sites (tertiary alicyclic amines) is 1. The number of nitrogens with one attached hydrogen (secondary N) is 1. The highest BCUT2D eigenvalue weighted by molar-refractivity contribution is 5.83. The third-order valence-electron chi connectivity index (χ3n) is 4.39. The number of hydrogen-bond donors (Lipinski definition) is 1. The fourth-order valence-corrected chi connectivity index (χ4v) is 3.25. The topological polar surface area (TPSA) is 32.3 Å². The van der Waals surface area contributed by atoms with E-state index in [0.29, 0.717) is 11.9 Å². The Balaban J connectivity index is 2.05. The molecule has 3 heteroatoms. The largest absolute Gasteiger partial charge is 0.339 e.